The Bertz CT molecular complexity index is 1660. The van der Waals surface area contributed by atoms with E-state index >= 15 is 0 Å². The van der Waals surface area contributed by atoms with E-state index in [1.807, 2.05) is 60.7 Å². The van der Waals surface area contributed by atoms with Crippen LogP contribution in [0, 0.1) is 0 Å². The highest BCUT2D eigenvalue weighted by Gasteiger charge is 2.29. The number of phenolic OH excluding ortho intramolecular Hbond substituents is 1. The molecule has 5 rings (SSSR count). The van der Waals surface area contributed by atoms with Crippen molar-refractivity contribution in [2.45, 2.75) is 31.1 Å². The lowest BCUT2D eigenvalue weighted by Crippen LogP contribution is -2.26. The molecular weight excluding hydrogens is 480 g/mol. The van der Waals surface area contributed by atoms with Crippen molar-refractivity contribution in [2.75, 3.05) is 4.31 Å². The molecule has 186 valence electrons. The Morgan fingerprint density at radius 2 is 1.41 bits per heavy atom. The highest BCUT2D eigenvalue weighted by Crippen LogP contribution is 2.38. The Hall–Kier alpha value is -4.16. The second kappa shape index (κ2) is 9.37. The van der Waals surface area contributed by atoms with Crippen LogP contribution in [-0.4, -0.2) is 18.5 Å². The van der Waals surface area contributed by atoms with Crippen LogP contribution in [0.1, 0.15) is 26.3 Å². The van der Waals surface area contributed by atoms with Gasteiger partial charge in [-0.05, 0) is 76.7 Å². The van der Waals surface area contributed by atoms with Gasteiger partial charge in [0.05, 0.1) is 21.8 Å². The number of phenols is 1. The molecule has 6 heteroatoms. The topological polar surface area (TPSA) is 70.5 Å². The van der Waals surface area contributed by atoms with Gasteiger partial charge in [0.2, 0.25) is 0 Å². The van der Waals surface area contributed by atoms with Gasteiger partial charge in [0, 0.05) is 11.6 Å². The standard InChI is InChI=1S/C31H28N2O3S/c1-31(2,3)24-12-16-27(17-13-24)37(35,36)33(25-7-5-4-6-8-25)30-19-20-32-29-18-11-23(21-28(29)30)22-9-14-26(34)15-10-22/h4-21,34H,1-3H3. The molecule has 0 fully saturated rings. The molecular formula is C31H28N2O3S. The quantitative estimate of drug-likeness (QED) is 0.268. The van der Waals surface area contributed by atoms with Gasteiger partial charge < -0.3 is 5.11 Å². The summed E-state index contributed by atoms with van der Waals surface area (Å²) in [5, 5.41) is 10.4. The number of para-hydroxylation sites is 1. The predicted octanol–water partition coefficient (Wildman–Crippen LogP) is 7.43. The van der Waals surface area contributed by atoms with E-state index in [-0.39, 0.29) is 16.1 Å². The third-order valence-corrected chi connectivity index (χ3v) is 8.14. The van der Waals surface area contributed by atoms with Crippen LogP contribution >= 0.6 is 0 Å². The number of sulfonamides is 1. The van der Waals surface area contributed by atoms with Gasteiger partial charge in [-0.25, -0.2) is 12.7 Å². The lowest BCUT2D eigenvalue weighted by atomic mass is 9.87. The first-order valence-corrected chi connectivity index (χ1v) is 13.5. The van der Waals surface area contributed by atoms with Crippen LogP contribution in [0.2, 0.25) is 0 Å². The molecule has 0 saturated carbocycles. The second-order valence-corrected chi connectivity index (χ2v) is 11.8. The van der Waals surface area contributed by atoms with E-state index in [0.717, 1.165) is 16.7 Å². The molecule has 0 aliphatic heterocycles. The Morgan fingerprint density at radius 1 is 0.757 bits per heavy atom. The average molecular weight is 509 g/mol. The van der Waals surface area contributed by atoms with Crippen molar-refractivity contribution < 1.29 is 13.5 Å². The smallest absolute Gasteiger partial charge is 0.268 e. The van der Waals surface area contributed by atoms with E-state index in [4.69, 9.17) is 0 Å². The maximum Gasteiger partial charge on any atom is 0.268 e. The molecule has 37 heavy (non-hydrogen) atoms. The van der Waals surface area contributed by atoms with Gasteiger partial charge in [0.25, 0.3) is 10.0 Å². The molecule has 0 aliphatic carbocycles. The molecule has 0 atom stereocenters. The number of fused-ring (bicyclic) bond motifs is 1. The number of benzene rings is 4. The van der Waals surface area contributed by atoms with Crippen LogP contribution < -0.4 is 4.31 Å². The molecule has 5 nitrogen and oxygen atoms in total. The van der Waals surface area contributed by atoms with Crippen molar-refractivity contribution >= 4 is 32.3 Å². The number of anilines is 2. The zero-order valence-corrected chi connectivity index (χ0v) is 21.8. The maximum atomic E-state index is 14.2. The normalized spacial score (nSPS) is 12.0. The number of aromatic hydroxyl groups is 1. The number of rotatable bonds is 5. The van der Waals surface area contributed by atoms with Gasteiger partial charge in [-0.1, -0.05) is 69.3 Å². The van der Waals surface area contributed by atoms with Crippen molar-refractivity contribution in [3.63, 3.8) is 0 Å². The summed E-state index contributed by atoms with van der Waals surface area (Å²) in [7, 11) is -3.97. The second-order valence-electron chi connectivity index (χ2n) is 9.99. The first kappa shape index (κ1) is 24.5. The van der Waals surface area contributed by atoms with Gasteiger partial charge in [0.15, 0.2) is 0 Å². The van der Waals surface area contributed by atoms with Crippen LogP contribution in [0.15, 0.2) is 114 Å². The number of hydrogen-bond donors (Lipinski definition) is 1. The monoisotopic (exact) mass is 508 g/mol. The van der Waals surface area contributed by atoms with Crippen LogP contribution in [0.3, 0.4) is 0 Å². The molecule has 0 saturated heterocycles. The van der Waals surface area contributed by atoms with Crippen molar-refractivity contribution in [3.05, 3.63) is 115 Å². The largest absolute Gasteiger partial charge is 0.508 e. The van der Waals surface area contributed by atoms with Gasteiger partial charge in [-0.2, -0.15) is 0 Å². The van der Waals surface area contributed by atoms with Gasteiger partial charge in [-0.3, -0.25) is 4.98 Å². The molecule has 0 spiro atoms. The van der Waals surface area contributed by atoms with Gasteiger partial charge >= 0.3 is 0 Å². The molecule has 5 aromatic rings. The summed E-state index contributed by atoms with van der Waals surface area (Å²) in [5.74, 6) is 0.186. The lowest BCUT2D eigenvalue weighted by Gasteiger charge is -2.26. The van der Waals surface area contributed by atoms with Gasteiger partial charge in [0.1, 0.15) is 5.75 Å². The Kier molecular flexibility index (Phi) is 6.21. The van der Waals surface area contributed by atoms with Crippen LogP contribution in [0.25, 0.3) is 22.0 Å². The third kappa shape index (κ3) is 4.80. The highest BCUT2D eigenvalue weighted by molar-refractivity contribution is 7.93. The molecule has 1 aromatic heterocycles. The maximum absolute atomic E-state index is 14.2. The Balaban J connectivity index is 1.71. The fourth-order valence-electron chi connectivity index (χ4n) is 4.35. The zero-order chi connectivity index (χ0) is 26.2. The summed E-state index contributed by atoms with van der Waals surface area (Å²) in [6, 6.07) is 30.6. The highest BCUT2D eigenvalue weighted by atomic mass is 32.2. The molecule has 1 N–H and O–H groups in total. The molecule has 0 amide bonds. The molecule has 4 aromatic carbocycles. The molecule has 0 unspecified atom stereocenters. The van der Waals surface area contributed by atoms with Crippen LogP contribution in [0.4, 0.5) is 11.4 Å². The Morgan fingerprint density at radius 3 is 2.05 bits per heavy atom. The molecule has 0 radical (unpaired) electrons. The fourth-order valence-corrected chi connectivity index (χ4v) is 5.85. The van der Waals surface area contributed by atoms with Crippen molar-refractivity contribution in [1.82, 2.24) is 4.98 Å². The minimum absolute atomic E-state index is 0.0899. The number of hydrogen-bond acceptors (Lipinski definition) is 4. The number of aromatic nitrogens is 1. The minimum Gasteiger partial charge on any atom is -0.508 e. The van der Waals surface area contributed by atoms with E-state index in [2.05, 4.69) is 25.8 Å². The van der Waals surface area contributed by atoms with E-state index in [9.17, 15) is 13.5 Å². The summed E-state index contributed by atoms with van der Waals surface area (Å²) >= 11 is 0. The molecule has 1 heterocycles. The van der Waals surface area contributed by atoms with Crippen LogP contribution in [0.5, 0.6) is 5.75 Å². The summed E-state index contributed by atoms with van der Waals surface area (Å²) in [5.41, 5.74) is 4.49. The summed E-state index contributed by atoms with van der Waals surface area (Å²) < 4.78 is 29.8. The van der Waals surface area contributed by atoms with Crippen LogP contribution in [-0.2, 0) is 15.4 Å². The first-order chi connectivity index (χ1) is 17.6. The number of pyridine rings is 1. The Labute approximate surface area is 217 Å². The zero-order valence-electron chi connectivity index (χ0n) is 21.0. The van der Waals surface area contributed by atoms with Crippen molar-refractivity contribution in [3.8, 4) is 16.9 Å². The lowest BCUT2D eigenvalue weighted by molar-refractivity contribution is 0.475. The summed E-state index contributed by atoms with van der Waals surface area (Å²) in [6.07, 6.45) is 1.63. The molecule has 0 bridgehead atoms. The third-order valence-electron chi connectivity index (χ3n) is 6.39. The van der Waals surface area contributed by atoms with E-state index < -0.39 is 10.0 Å². The summed E-state index contributed by atoms with van der Waals surface area (Å²) in [6.45, 7) is 6.30. The number of nitrogens with zero attached hydrogens (tertiary/aromatic N) is 2. The first-order valence-electron chi connectivity index (χ1n) is 12.0. The van der Waals surface area contributed by atoms with Crippen molar-refractivity contribution in [1.29, 1.82) is 0 Å². The average Bonchev–Trinajstić information content (AvgIpc) is 2.89. The van der Waals surface area contributed by atoms with Gasteiger partial charge in [-0.15, -0.1) is 0 Å². The van der Waals surface area contributed by atoms with E-state index in [1.54, 1.807) is 48.7 Å². The fraction of sp³-hybridized carbons (Fsp3) is 0.129. The summed E-state index contributed by atoms with van der Waals surface area (Å²) in [4.78, 5) is 4.71. The minimum atomic E-state index is -3.97. The SMILES string of the molecule is CC(C)(C)c1ccc(S(=O)(=O)N(c2ccccc2)c2ccnc3ccc(-c4ccc(O)cc4)cc23)cc1. The predicted molar refractivity (Wildman–Crippen MR) is 150 cm³/mol. The van der Waals surface area contributed by atoms with E-state index in [1.165, 1.54) is 4.31 Å². The van der Waals surface area contributed by atoms with E-state index in [0.29, 0.717) is 22.3 Å². The van der Waals surface area contributed by atoms with Crippen molar-refractivity contribution in [2.24, 2.45) is 0 Å². The molecule has 0 aliphatic rings.